The molecular weight excluding hydrogens is 334 g/mol. The maximum absolute atomic E-state index is 12.1. The van der Waals surface area contributed by atoms with E-state index < -0.39 is 17.8 Å². The van der Waals surface area contributed by atoms with Crippen molar-refractivity contribution in [2.75, 3.05) is 0 Å². The number of amides is 2. The van der Waals surface area contributed by atoms with Gasteiger partial charge in [-0.1, -0.05) is 30.3 Å². The number of ether oxygens (including phenoxy) is 2. The highest BCUT2D eigenvalue weighted by atomic mass is 16.6. The second kappa shape index (κ2) is 8.89. The van der Waals surface area contributed by atoms with Crippen LogP contribution in [0.1, 0.15) is 45.6 Å². The number of nitrogens with two attached hydrogens (primary N) is 1. The molecule has 0 saturated heterocycles. The highest BCUT2D eigenvalue weighted by Crippen LogP contribution is 2.19. The summed E-state index contributed by atoms with van der Waals surface area (Å²) in [6, 6.07) is 8.90. The Bertz CT molecular complexity index is 601. The monoisotopic (exact) mass is 363 g/mol. The molecule has 1 saturated carbocycles. The standard InChI is InChI=1S/C19H29N3O4/c1-19(2,3)26-18(24)22-16-11-14(20)9-10-15(16)21-17(23)25-12-13-7-5-4-6-8-13/h4-8,14-16H,9-12,20H2,1-3H3,(H,21,23)(H,22,24)/t14-,15?,16?/m0/s1. The first kappa shape index (κ1) is 20.0. The van der Waals surface area contributed by atoms with E-state index in [1.165, 1.54) is 0 Å². The van der Waals surface area contributed by atoms with Crippen molar-refractivity contribution >= 4 is 12.2 Å². The Kier molecular flexibility index (Phi) is 6.85. The Hall–Kier alpha value is -2.28. The van der Waals surface area contributed by atoms with E-state index in [-0.39, 0.29) is 24.7 Å². The third kappa shape index (κ3) is 6.92. The van der Waals surface area contributed by atoms with Gasteiger partial charge in [-0.2, -0.15) is 0 Å². The van der Waals surface area contributed by atoms with Gasteiger partial charge < -0.3 is 25.8 Å². The quantitative estimate of drug-likeness (QED) is 0.763. The lowest BCUT2D eigenvalue weighted by molar-refractivity contribution is 0.0471. The first-order valence-electron chi connectivity index (χ1n) is 8.95. The van der Waals surface area contributed by atoms with Gasteiger partial charge in [-0.3, -0.25) is 0 Å². The fourth-order valence-electron chi connectivity index (χ4n) is 2.91. The molecule has 3 atom stereocenters. The molecule has 0 heterocycles. The van der Waals surface area contributed by atoms with Gasteiger partial charge in [-0.15, -0.1) is 0 Å². The zero-order valence-corrected chi connectivity index (χ0v) is 15.7. The van der Waals surface area contributed by atoms with Crippen molar-refractivity contribution < 1.29 is 19.1 Å². The Morgan fingerprint density at radius 3 is 2.38 bits per heavy atom. The SMILES string of the molecule is CC(C)(C)OC(=O)NC1C[C@@H](N)CCC1NC(=O)OCc1ccccc1. The van der Waals surface area contributed by atoms with Crippen molar-refractivity contribution in [2.24, 2.45) is 5.73 Å². The number of rotatable bonds is 4. The molecule has 1 aliphatic carbocycles. The van der Waals surface area contributed by atoms with Crippen molar-refractivity contribution in [2.45, 2.75) is 70.4 Å². The van der Waals surface area contributed by atoms with Crippen LogP contribution in [0.3, 0.4) is 0 Å². The van der Waals surface area contributed by atoms with Crippen LogP contribution in [0.2, 0.25) is 0 Å². The van der Waals surface area contributed by atoms with E-state index in [9.17, 15) is 9.59 Å². The smallest absolute Gasteiger partial charge is 0.407 e. The summed E-state index contributed by atoms with van der Waals surface area (Å²) in [7, 11) is 0. The van der Waals surface area contributed by atoms with E-state index >= 15 is 0 Å². The van der Waals surface area contributed by atoms with Crippen molar-refractivity contribution in [1.82, 2.24) is 10.6 Å². The Morgan fingerprint density at radius 2 is 1.73 bits per heavy atom. The van der Waals surface area contributed by atoms with Gasteiger partial charge in [0.25, 0.3) is 0 Å². The molecule has 1 aromatic rings. The van der Waals surface area contributed by atoms with Gasteiger partial charge in [0.2, 0.25) is 0 Å². The summed E-state index contributed by atoms with van der Waals surface area (Å²) in [5.41, 5.74) is 6.35. The summed E-state index contributed by atoms with van der Waals surface area (Å²) in [5, 5.41) is 5.66. The van der Waals surface area contributed by atoms with E-state index in [1.807, 2.05) is 30.3 Å². The van der Waals surface area contributed by atoms with Crippen LogP contribution in [0.15, 0.2) is 30.3 Å². The lowest BCUT2D eigenvalue weighted by atomic mass is 9.87. The minimum absolute atomic E-state index is 0.0201. The Labute approximate surface area is 154 Å². The molecule has 2 unspecified atom stereocenters. The number of alkyl carbamates (subject to hydrolysis) is 2. The predicted molar refractivity (Wildman–Crippen MR) is 98.5 cm³/mol. The maximum atomic E-state index is 12.1. The second-order valence-electron chi connectivity index (χ2n) is 7.64. The molecule has 0 bridgehead atoms. The summed E-state index contributed by atoms with van der Waals surface area (Å²) in [6.45, 7) is 5.60. The number of carbonyl (C=O) groups excluding carboxylic acids is 2. The van der Waals surface area contributed by atoms with Crippen LogP contribution in [0.25, 0.3) is 0 Å². The molecule has 144 valence electrons. The van der Waals surface area contributed by atoms with E-state index in [2.05, 4.69) is 10.6 Å². The molecule has 26 heavy (non-hydrogen) atoms. The highest BCUT2D eigenvalue weighted by molar-refractivity contribution is 5.69. The average Bonchev–Trinajstić information content (AvgIpc) is 2.54. The van der Waals surface area contributed by atoms with Gasteiger partial charge in [0, 0.05) is 6.04 Å². The molecule has 1 fully saturated rings. The van der Waals surface area contributed by atoms with Gasteiger partial charge in [-0.05, 0) is 45.6 Å². The molecule has 2 rings (SSSR count). The van der Waals surface area contributed by atoms with E-state index in [4.69, 9.17) is 15.2 Å². The topological polar surface area (TPSA) is 103 Å². The molecule has 7 nitrogen and oxygen atoms in total. The van der Waals surface area contributed by atoms with Crippen LogP contribution >= 0.6 is 0 Å². The molecule has 0 aromatic heterocycles. The molecule has 0 aliphatic heterocycles. The van der Waals surface area contributed by atoms with Gasteiger partial charge in [0.15, 0.2) is 0 Å². The maximum Gasteiger partial charge on any atom is 0.407 e. The van der Waals surface area contributed by atoms with Crippen molar-refractivity contribution in [3.05, 3.63) is 35.9 Å². The number of carbonyl (C=O) groups is 2. The third-order valence-electron chi connectivity index (χ3n) is 4.11. The number of hydrogen-bond donors (Lipinski definition) is 3. The molecule has 7 heteroatoms. The zero-order valence-electron chi connectivity index (χ0n) is 15.7. The highest BCUT2D eigenvalue weighted by Gasteiger charge is 2.32. The Balaban J connectivity index is 1.87. The number of nitrogens with one attached hydrogen (secondary N) is 2. The summed E-state index contributed by atoms with van der Waals surface area (Å²) < 4.78 is 10.6. The fraction of sp³-hybridized carbons (Fsp3) is 0.579. The summed E-state index contributed by atoms with van der Waals surface area (Å²) in [5.74, 6) is 0. The minimum atomic E-state index is -0.585. The van der Waals surface area contributed by atoms with Crippen LogP contribution in [-0.2, 0) is 16.1 Å². The molecular formula is C19H29N3O4. The molecule has 1 aromatic carbocycles. The minimum Gasteiger partial charge on any atom is -0.445 e. The van der Waals surface area contributed by atoms with Crippen LogP contribution < -0.4 is 16.4 Å². The number of benzene rings is 1. The molecule has 2 amide bonds. The molecule has 1 aliphatic rings. The summed E-state index contributed by atoms with van der Waals surface area (Å²) in [6.07, 6.45) is 0.993. The third-order valence-corrected chi connectivity index (χ3v) is 4.11. The molecule has 0 spiro atoms. The molecule has 0 radical (unpaired) electrons. The van der Waals surface area contributed by atoms with Gasteiger partial charge >= 0.3 is 12.2 Å². The van der Waals surface area contributed by atoms with Crippen molar-refractivity contribution in [3.8, 4) is 0 Å². The number of hydrogen-bond acceptors (Lipinski definition) is 5. The van der Waals surface area contributed by atoms with Crippen molar-refractivity contribution in [3.63, 3.8) is 0 Å². The summed E-state index contributed by atoms with van der Waals surface area (Å²) >= 11 is 0. The van der Waals surface area contributed by atoms with Gasteiger partial charge in [0.05, 0.1) is 12.1 Å². The van der Waals surface area contributed by atoms with E-state index in [0.29, 0.717) is 12.8 Å². The van der Waals surface area contributed by atoms with Crippen LogP contribution in [0.5, 0.6) is 0 Å². The first-order valence-corrected chi connectivity index (χ1v) is 8.95. The van der Waals surface area contributed by atoms with Crippen LogP contribution in [0, 0.1) is 0 Å². The first-order chi connectivity index (χ1) is 12.2. The van der Waals surface area contributed by atoms with Gasteiger partial charge in [0.1, 0.15) is 12.2 Å². The van der Waals surface area contributed by atoms with Crippen LogP contribution in [0.4, 0.5) is 9.59 Å². The Morgan fingerprint density at radius 1 is 1.08 bits per heavy atom. The lowest BCUT2D eigenvalue weighted by Crippen LogP contribution is -2.57. The van der Waals surface area contributed by atoms with Crippen LogP contribution in [-0.4, -0.2) is 35.9 Å². The zero-order chi connectivity index (χ0) is 19.2. The average molecular weight is 363 g/mol. The van der Waals surface area contributed by atoms with E-state index in [1.54, 1.807) is 20.8 Å². The lowest BCUT2D eigenvalue weighted by Gasteiger charge is -2.35. The van der Waals surface area contributed by atoms with E-state index in [0.717, 1.165) is 12.0 Å². The van der Waals surface area contributed by atoms with Gasteiger partial charge in [-0.25, -0.2) is 9.59 Å². The predicted octanol–water partition coefficient (Wildman–Crippen LogP) is 2.69. The molecule has 4 N–H and O–H groups in total. The largest absolute Gasteiger partial charge is 0.445 e. The normalized spacial score (nSPS) is 23.0. The fourth-order valence-corrected chi connectivity index (χ4v) is 2.91. The van der Waals surface area contributed by atoms with Crippen molar-refractivity contribution in [1.29, 1.82) is 0 Å². The summed E-state index contributed by atoms with van der Waals surface area (Å²) in [4.78, 5) is 24.2. The second-order valence-corrected chi connectivity index (χ2v) is 7.64.